The van der Waals surface area contributed by atoms with E-state index >= 15 is 0 Å². The summed E-state index contributed by atoms with van der Waals surface area (Å²) < 4.78 is 49.3. The standard InChI is InChI=1S/C28H43NO9/c29-27-8-4-5-9-28(27)38-25-23-36-21-19-34-17-15-32-13-11-30-10-12-31-14-16-33-18-20-35-22-24-37-26-6-2-1-3-7-26/h1-9H,10-25,29H2. The fourth-order valence-corrected chi connectivity index (χ4v) is 2.98. The molecular weight excluding hydrogens is 494 g/mol. The van der Waals surface area contributed by atoms with Gasteiger partial charge in [0.2, 0.25) is 0 Å². The normalized spacial score (nSPS) is 11.1. The Morgan fingerprint density at radius 3 is 1.13 bits per heavy atom. The van der Waals surface area contributed by atoms with Gasteiger partial charge >= 0.3 is 0 Å². The zero-order valence-corrected chi connectivity index (χ0v) is 22.3. The molecule has 2 aromatic carbocycles. The minimum absolute atomic E-state index is 0.443. The molecule has 0 aliphatic carbocycles. The van der Waals surface area contributed by atoms with Crippen LogP contribution in [0.1, 0.15) is 0 Å². The van der Waals surface area contributed by atoms with Crippen molar-refractivity contribution in [3.05, 3.63) is 54.6 Å². The molecule has 0 spiro atoms. The van der Waals surface area contributed by atoms with Crippen LogP contribution in [0.4, 0.5) is 5.69 Å². The first kappa shape index (κ1) is 31.8. The Labute approximate surface area is 226 Å². The van der Waals surface area contributed by atoms with Gasteiger partial charge in [0.1, 0.15) is 24.7 Å². The van der Waals surface area contributed by atoms with Crippen molar-refractivity contribution in [1.82, 2.24) is 0 Å². The summed E-state index contributed by atoms with van der Waals surface area (Å²) in [5, 5.41) is 0. The molecular formula is C28H43NO9. The van der Waals surface area contributed by atoms with Gasteiger partial charge in [0.05, 0.1) is 98.2 Å². The van der Waals surface area contributed by atoms with Gasteiger partial charge in [-0.3, -0.25) is 0 Å². The van der Waals surface area contributed by atoms with Crippen LogP contribution in [0.2, 0.25) is 0 Å². The van der Waals surface area contributed by atoms with E-state index in [1.165, 1.54) is 0 Å². The number of hydrogen-bond acceptors (Lipinski definition) is 10. The van der Waals surface area contributed by atoms with Gasteiger partial charge in [-0.2, -0.15) is 0 Å². The number of benzene rings is 2. The molecule has 2 aromatic rings. The third-order valence-electron chi connectivity index (χ3n) is 4.88. The molecule has 0 radical (unpaired) electrons. The third-order valence-corrected chi connectivity index (χ3v) is 4.88. The van der Waals surface area contributed by atoms with E-state index in [4.69, 9.17) is 48.4 Å². The lowest BCUT2D eigenvalue weighted by molar-refractivity contribution is -0.0218. The van der Waals surface area contributed by atoms with Crippen LogP contribution in [-0.2, 0) is 33.2 Å². The topological polar surface area (TPSA) is 109 Å². The molecule has 0 saturated heterocycles. The van der Waals surface area contributed by atoms with Crippen LogP contribution in [0.5, 0.6) is 11.5 Å². The first-order chi connectivity index (χ1) is 18.9. The molecule has 0 heterocycles. The number of nitrogen functional groups attached to an aromatic ring is 1. The van der Waals surface area contributed by atoms with Crippen LogP contribution in [0, 0.1) is 0 Å². The van der Waals surface area contributed by atoms with Crippen LogP contribution in [0.25, 0.3) is 0 Å². The minimum Gasteiger partial charge on any atom is -0.491 e. The Hall–Kier alpha value is -2.44. The van der Waals surface area contributed by atoms with Crippen LogP contribution in [0.3, 0.4) is 0 Å². The van der Waals surface area contributed by atoms with Crippen molar-refractivity contribution in [2.24, 2.45) is 0 Å². The zero-order chi connectivity index (χ0) is 26.8. The maximum Gasteiger partial charge on any atom is 0.142 e. The summed E-state index contributed by atoms with van der Waals surface area (Å²) in [6.45, 7) is 8.15. The van der Waals surface area contributed by atoms with E-state index in [9.17, 15) is 0 Å². The first-order valence-electron chi connectivity index (χ1n) is 13.1. The van der Waals surface area contributed by atoms with E-state index in [-0.39, 0.29) is 0 Å². The van der Waals surface area contributed by atoms with Crippen LogP contribution < -0.4 is 15.2 Å². The molecule has 0 atom stereocenters. The maximum atomic E-state index is 5.81. The summed E-state index contributed by atoms with van der Waals surface area (Å²) in [5.41, 5.74) is 6.43. The predicted molar refractivity (Wildman–Crippen MR) is 144 cm³/mol. The van der Waals surface area contributed by atoms with Crippen molar-refractivity contribution in [1.29, 1.82) is 0 Å². The highest BCUT2D eigenvalue weighted by Crippen LogP contribution is 2.19. The maximum absolute atomic E-state index is 5.81. The van der Waals surface area contributed by atoms with E-state index in [0.29, 0.717) is 117 Å². The highest BCUT2D eigenvalue weighted by Gasteiger charge is 1.99. The Morgan fingerprint density at radius 1 is 0.368 bits per heavy atom. The van der Waals surface area contributed by atoms with E-state index in [1.54, 1.807) is 6.07 Å². The molecule has 10 heteroatoms. The van der Waals surface area contributed by atoms with Crippen LogP contribution in [0.15, 0.2) is 54.6 Å². The Bertz CT molecular complexity index is 782. The third kappa shape index (κ3) is 17.9. The second-order valence-corrected chi connectivity index (χ2v) is 7.83. The average Bonchev–Trinajstić information content (AvgIpc) is 2.94. The van der Waals surface area contributed by atoms with Gasteiger partial charge in [-0.25, -0.2) is 0 Å². The van der Waals surface area contributed by atoms with E-state index in [1.807, 2.05) is 48.5 Å². The lowest BCUT2D eigenvalue weighted by Crippen LogP contribution is -2.15. The van der Waals surface area contributed by atoms with Gasteiger partial charge in [-0.1, -0.05) is 30.3 Å². The van der Waals surface area contributed by atoms with E-state index in [0.717, 1.165) is 5.75 Å². The minimum atomic E-state index is 0.443. The first-order valence-corrected chi connectivity index (χ1v) is 13.1. The molecule has 0 amide bonds. The number of para-hydroxylation sites is 3. The van der Waals surface area contributed by atoms with Gasteiger partial charge in [0.15, 0.2) is 0 Å². The molecule has 2 rings (SSSR count). The fraction of sp³-hybridized carbons (Fsp3) is 0.571. The van der Waals surface area contributed by atoms with Crippen molar-refractivity contribution in [3.63, 3.8) is 0 Å². The van der Waals surface area contributed by atoms with Gasteiger partial charge in [0, 0.05) is 0 Å². The molecule has 0 aliphatic rings. The molecule has 2 N–H and O–H groups in total. The second kappa shape index (κ2) is 23.7. The highest BCUT2D eigenvalue weighted by atomic mass is 16.6. The molecule has 0 aromatic heterocycles. The number of rotatable bonds is 26. The summed E-state index contributed by atoms with van der Waals surface area (Å²) in [5.74, 6) is 1.52. The van der Waals surface area contributed by atoms with Crippen molar-refractivity contribution < 1.29 is 42.6 Å². The monoisotopic (exact) mass is 537 g/mol. The zero-order valence-electron chi connectivity index (χ0n) is 22.3. The lowest BCUT2D eigenvalue weighted by atomic mass is 10.3. The van der Waals surface area contributed by atoms with E-state index < -0.39 is 0 Å². The second-order valence-electron chi connectivity index (χ2n) is 7.83. The number of anilines is 1. The molecule has 38 heavy (non-hydrogen) atoms. The Kier molecular flexibility index (Phi) is 19.8. The average molecular weight is 538 g/mol. The SMILES string of the molecule is Nc1ccccc1OCCOCCOCCOCCOCCOCCOCCOCCOc1ccccc1. The molecule has 0 unspecified atom stereocenters. The van der Waals surface area contributed by atoms with Crippen molar-refractivity contribution in [2.75, 3.05) is 111 Å². The number of ether oxygens (including phenoxy) is 9. The lowest BCUT2D eigenvalue weighted by Gasteiger charge is -2.10. The molecule has 214 valence electrons. The molecule has 0 bridgehead atoms. The summed E-state index contributed by atoms with van der Waals surface area (Å²) in [6.07, 6.45) is 0. The predicted octanol–water partition coefficient (Wildman–Crippen LogP) is 2.84. The highest BCUT2D eigenvalue weighted by molar-refractivity contribution is 5.51. The smallest absolute Gasteiger partial charge is 0.142 e. The van der Waals surface area contributed by atoms with Crippen LogP contribution >= 0.6 is 0 Å². The van der Waals surface area contributed by atoms with Crippen molar-refractivity contribution in [3.8, 4) is 11.5 Å². The fourth-order valence-electron chi connectivity index (χ4n) is 2.98. The van der Waals surface area contributed by atoms with Crippen LogP contribution in [-0.4, -0.2) is 106 Å². The largest absolute Gasteiger partial charge is 0.491 e. The number of hydrogen-bond donors (Lipinski definition) is 1. The summed E-state index contributed by atoms with van der Waals surface area (Å²) in [4.78, 5) is 0. The van der Waals surface area contributed by atoms with Gasteiger partial charge < -0.3 is 48.4 Å². The summed E-state index contributed by atoms with van der Waals surface area (Å²) in [6, 6.07) is 17.1. The van der Waals surface area contributed by atoms with Gasteiger partial charge in [0.25, 0.3) is 0 Å². The van der Waals surface area contributed by atoms with Crippen molar-refractivity contribution >= 4 is 5.69 Å². The van der Waals surface area contributed by atoms with Gasteiger partial charge in [-0.05, 0) is 24.3 Å². The molecule has 0 saturated carbocycles. The molecule has 0 aliphatic heterocycles. The summed E-state index contributed by atoms with van der Waals surface area (Å²) in [7, 11) is 0. The van der Waals surface area contributed by atoms with Crippen molar-refractivity contribution in [2.45, 2.75) is 0 Å². The summed E-state index contributed by atoms with van der Waals surface area (Å²) >= 11 is 0. The molecule has 10 nitrogen and oxygen atoms in total. The molecule has 0 fully saturated rings. The van der Waals surface area contributed by atoms with E-state index in [2.05, 4.69) is 0 Å². The number of nitrogens with two attached hydrogens (primary N) is 1. The Balaban J connectivity index is 1.18. The van der Waals surface area contributed by atoms with Gasteiger partial charge in [-0.15, -0.1) is 0 Å². The quantitative estimate of drug-likeness (QED) is 0.142. The Morgan fingerprint density at radius 2 is 0.711 bits per heavy atom.